The van der Waals surface area contributed by atoms with Crippen molar-refractivity contribution >= 4 is 54.7 Å². The molecule has 3 aromatic carbocycles. The predicted molar refractivity (Wildman–Crippen MR) is 132 cm³/mol. The average Bonchev–Trinajstić information content (AvgIpc) is 3.22. The minimum Gasteiger partial charge on any atom is -0.493 e. The zero-order chi connectivity index (χ0) is 22.7. The van der Waals surface area contributed by atoms with Gasteiger partial charge in [-0.05, 0) is 48.9 Å². The molecule has 1 amide bonds. The number of benzene rings is 3. The number of hydrazone groups is 1. The van der Waals surface area contributed by atoms with Crippen molar-refractivity contribution in [2.75, 3.05) is 19.2 Å². The Balaban J connectivity index is 1.77. The maximum Gasteiger partial charge on any atom is 0.280 e. The lowest BCUT2D eigenvalue weighted by molar-refractivity contribution is 0.0987. The molecule has 0 fully saturated rings. The molecule has 162 valence electrons. The van der Waals surface area contributed by atoms with Crippen molar-refractivity contribution in [3.8, 4) is 11.5 Å². The van der Waals surface area contributed by atoms with E-state index in [1.807, 2.05) is 49.4 Å². The lowest BCUT2D eigenvalue weighted by Gasteiger charge is -2.15. The predicted octanol–water partition coefficient (Wildman–Crippen LogP) is 6.07. The first-order valence-corrected chi connectivity index (χ1v) is 11.3. The molecule has 0 radical (unpaired) electrons. The van der Waals surface area contributed by atoms with E-state index in [4.69, 9.17) is 9.47 Å². The number of fused-ring (bicyclic) bond motifs is 1. The van der Waals surface area contributed by atoms with Crippen LogP contribution in [-0.2, 0) is 0 Å². The highest BCUT2D eigenvalue weighted by molar-refractivity contribution is 9.10. The number of aryl methyl sites for hydroxylation is 1. The van der Waals surface area contributed by atoms with Crippen LogP contribution in [0.3, 0.4) is 0 Å². The molecule has 0 bridgehead atoms. The summed E-state index contributed by atoms with van der Waals surface area (Å²) in [6.45, 7) is 2.02. The maximum absolute atomic E-state index is 13.5. The molecule has 1 aromatic heterocycles. The summed E-state index contributed by atoms with van der Waals surface area (Å²) in [4.78, 5) is 18.1. The number of halogens is 1. The summed E-state index contributed by atoms with van der Waals surface area (Å²) in [5, 5.41) is 6.30. The van der Waals surface area contributed by atoms with Crippen molar-refractivity contribution in [1.82, 2.24) is 4.98 Å². The number of thiazole rings is 1. The first kappa shape index (κ1) is 22.0. The quantitative estimate of drug-likeness (QED) is 0.234. The molecule has 6 nitrogen and oxygen atoms in total. The monoisotopic (exact) mass is 509 g/mol. The molecule has 0 saturated carbocycles. The third-order valence-corrected chi connectivity index (χ3v) is 6.23. The van der Waals surface area contributed by atoms with Crippen molar-refractivity contribution in [2.24, 2.45) is 5.10 Å². The van der Waals surface area contributed by atoms with Crippen molar-refractivity contribution in [3.05, 3.63) is 81.8 Å². The molecule has 32 heavy (non-hydrogen) atoms. The lowest BCUT2D eigenvalue weighted by Crippen LogP contribution is -2.25. The number of hydrogen-bond donors (Lipinski definition) is 0. The summed E-state index contributed by atoms with van der Waals surface area (Å²) in [6, 6.07) is 18.7. The second kappa shape index (κ2) is 9.50. The van der Waals surface area contributed by atoms with Gasteiger partial charge in [0.25, 0.3) is 5.91 Å². The molecular weight excluding hydrogens is 490 g/mol. The Kier molecular flexibility index (Phi) is 6.53. The summed E-state index contributed by atoms with van der Waals surface area (Å²) >= 11 is 4.88. The Morgan fingerprint density at radius 2 is 1.78 bits per heavy atom. The lowest BCUT2D eigenvalue weighted by atomic mass is 10.2. The van der Waals surface area contributed by atoms with Crippen LogP contribution in [0.1, 0.15) is 21.5 Å². The fourth-order valence-electron chi connectivity index (χ4n) is 3.03. The first-order valence-electron chi connectivity index (χ1n) is 9.71. The molecule has 0 N–H and O–H groups in total. The number of carbonyl (C=O) groups is 1. The molecule has 0 aliphatic rings. The van der Waals surface area contributed by atoms with Gasteiger partial charge in [0.1, 0.15) is 0 Å². The maximum atomic E-state index is 13.5. The Morgan fingerprint density at radius 1 is 1.03 bits per heavy atom. The summed E-state index contributed by atoms with van der Waals surface area (Å²) in [5.74, 6) is 0.685. The van der Waals surface area contributed by atoms with E-state index < -0.39 is 0 Å². The molecule has 8 heteroatoms. The fraction of sp³-hybridized carbons (Fsp3) is 0.125. The highest BCUT2D eigenvalue weighted by Crippen LogP contribution is 2.33. The van der Waals surface area contributed by atoms with Crippen molar-refractivity contribution < 1.29 is 14.3 Å². The topological polar surface area (TPSA) is 64.0 Å². The van der Waals surface area contributed by atoms with Crippen molar-refractivity contribution in [3.63, 3.8) is 0 Å². The standard InChI is InChI=1S/C24H20BrN3O3S/c1-15-4-6-16(7-5-15)14-26-28(24-27-19-10-9-18(25)13-22(19)32-24)23(29)17-8-11-20(30-2)21(12-17)31-3/h4-14H,1-3H3/b26-14+. The van der Waals surface area contributed by atoms with Gasteiger partial charge >= 0.3 is 0 Å². The van der Waals surface area contributed by atoms with E-state index >= 15 is 0 Å². The van der Waals surface area contributed by atoms with Crippen LogP contribution in [0.4, 0.5) is 5.13 Å². The number of carbonyl (C=O) groups excluding carboxylic acids is 1. The zero-order valence-corrected chi connectivity index (χ0v) is 20.1. The molecule has 0 atom stereocenters. The minimum absolute atomic E-state index is 0.326. The van der Waals surface area contributed by atoms with E-state index in [0.29, 0.717) is 22.2 Å². The summed E-state index contributed by atoms with van der Waals surface area (Å²) in [6.07, 6.45) is 1.65. The SMILES string of the molecule is COc1ccc(C(=O)N(/N=C/c2ccc(C)cc2)c2nc3ccc(Br)cc3s2)cc1OC. The number of rotatable bonds is 6. The highest BCUT2D eigenvalue weighted by atomic mass is 79.9. The highest BCUT2D eigenvalue weighted by Gasteiger charge is 2.22. The van der Waals surface area contributed by atoms with Gasteiger partial charge in [-0.3, -0.25) is 4.79 Å². The Labute approximate surface area is 198 Å². The van der Waals surface area contributed by atoms with Crippen LogP contribution in [0.5, 0.6) is 11.5 Å². The molecule has 0 aliphatic heterocycles. The van der Waals surface area contributed by atoms with Crippen LogP contribution < -0.4 is 14.5 Å². The van der Waals surface area contributed by atoms with Crippen LogP contribution in [0.25, 0.3) is 10.2 Å². The van der Waals surface area contributed by atoms with Gasteiger partial charge < -0.3 is 9.47 Å². The third-order valence-electron chi connectivity index (χ3n) is 4.74. The number of anilines is 1. The van der Waals surface area contributed by atoms with Gasteiger partial charge in [0.2, 0.25) is 5.13 Å². The van der Waals surface area contributed by atoms with Gasteiger partial charge in [0.15, 0.2) is 11.5 Å². The number of methoxy groups -OCH3 is 2. The minimum atomic E-state index is -0.326. The van der Waals surface area contributed by atoms with E-state index in [2.05, 4.69) is 26.0 Å². The van der Waals surface area contributed by atoms with Crippen LogP contribution in [0.15, 0.2) is 70.2 Å². The molecule has 0 aliphatic carbocycles. The van der Waals surface area contributed by atoms with Crippen LogP contribution >= 0.6 is 27.3 Å². The second-order valence-corrected chi connectivity index (χ2v) is 8.88. The second-order valence-electron chi connectivity index (χ2n) is 6.95. The van der Waals surface area contributed by atoms with Crippen molar-refractivity contribution in [2.45, 2.75) is 6.92 Å². The average molecular weight is 510 g/mol. The van der Waals surface area contributed by atoms with Crippen molar-refractivity contribution in [1.29, 1.82) is 0 Å². The summed E-state index contributed by atoms with van der Waals surface area (Å²) in [7, 11) is 3.08. The smallest absolute Gasteiger partial charge is 0.280 e. The Hall–Kier alpha value is -3.23. The van der Waals surface area contributed by atoms with Gasteiger partial charge in [-0.15, -0.1) is 0 Å². The molecule has 0 saturated heterocycles. The summed E-state index contributed by atoms with van der Waals surface area (Å²) in [5.41, 5.74) is 3.23. The van der Waals surface area contributed by atoms with Gasteiger partial charge in [-0.1, -0.05) is 57.1 Å². The van der Waals surface area contributed by atoms with Crippen LogP contribution in [0, 0.1) is 6.92 Å². The number of hydrogen-bond acceptors (Lipinski definition) is 6. The van der Waals surface area contributed by atoms with E-state index in [1.165, 1.54) is 23.5 Å². The number of aromatic nitrogens is 1. The van der Waals surface area contributed by atoms with Gasteiger partial charge in [0, 0.05) is 10.0 Å². The normalized spacial score (nSPS) is 11.1. The molecular formula is C24H20BrN3O3S. The van der Waals surface area contributed by atoms with E-state index in [1.54, 1.807) is 31.5 Å². The van der Waals surface area contributed by atoms with Gasteiger partial charge in [-0.2, -0.15) is 10.1 Å². The number of ether oxygens (including phenoxy) is 2. The largest absolute Gasteiger partial charge is 0.493 e. The fourth-order valence-corrected chi connectivity index (χ4v) is 4.51. The molecule has 1 heterocycles. The molecule has 0 unspecified atom stereocenters. The zero-order valence-electron chi connectivity index (χ0n) is 17.7. The van der Waals surface area contributed by atoms with Crippen LogP contribution in [-0.4, -0.2) is 31.3 Å². The Bertz CT molecular complexity index is 1300. The number of amides is 1. The summed E-state index contributed by atoms with van der Waals surface area (Å²) < 4.78 is 12.5. The molecule has 4 aromatic rings. The van der Waals surface area contributed by atoms with E-state index in [9.17, 15) is 4.79 Å². The molecule has 4 rings (SSSR count). The van der Waals surface area contributed by atoms with E-state index in [0.717, 1.165) is 25.8 Å². The number of nitrogens with zero attached hydrogens (tertiary/aromatic N) is 3. The first-order chi connectivity index (χ1) is 15.5. The Morgan fingerprint density at radius 3 is 2.50 bits per heavy atom. The van der Waals surface area contributed by atoms with Gasteiger partial charge in [-0.25, -0.2) is 4.98 Å². The molecule has 0 spiro atoms. The van der Waals surface area contributed by atoms with E-state index in [-0.39, 0.29) is 5.91 Å². The van der Waals surface area contributed by atoms with Gasteiger partial charge in [0.05, 0.1) is 30.7 Å². The van der Waals surface area contributed by atoms with Crippen LogP contribution in [0.2, 0.25) is 0 Å². The third kappa shape index (κ3) is 4.66.